The zero-order chi connectivity index (χ0) is 16.7. The number of amides is 1. The van der Waals surface area contributed by atoms with Gasteiger partial charge in [0.25, 0.3) is 5.91 Å². The van der Waals surface area contributed by atoms with Gasteiger partial charge in [-0.15, -0.1) is 0 Å². The van der Waals surface area contributed by atoms with Gasteiger partial charge in [0, 0.05) is 18.4 Å². The molecule has 4 heteroatoms. The van der Waals surface area contributed by atoms with Crippen LogP contribution in [0.1, 0.15) is 16.7 Å². The van der Waals surface area contributed by atoms with Gasteiger partial charge in [-0.1, -0.05) is 42.0 Å². The first-order valence-corrected chi connectivity index (χ1v) is 7.35. The lowest BCUT2D eigenvalue weighted by Gasteiger charge is -2.06. The Kier molecular flexibility index (Phi) is 5.54. The molecule has 0 fully saturated rings. The van der Waals surface area contributed by atoms with E-state index >= 15 is 0 Å². The van der Waals surface area contributed by atoms with E-state index < -0.39 is 5.91 Å². The molecule has 23 heavy (non-hydrogen) atoms. The molecule has 0 atom stereocenters. The summed E-state index contributed by atoms with van der Waals surface area (Å²) >= 11 is 0. The second kappa shape index (κ2) is 7.81. The van der Waals surface area contributed by atoms with Crippen molar-refractivity contribution in [3.05, 3.63) is 77.0 Å². The Labute approximate surface area is 136 Å². The van der Waals surface area contributed by atoms with E-state index in [4.69, 9.17) is 5.26 Å². The highest BCUT2D eigenvalue weighted by Gasteiger charge is 2.09. The first-order chi connectivity index (χ1) is 11.1. The number of hydrogen-bond acceptors (Lipinski definition) is 3. The average molecular weight is 305 g/mol. The third-order valence-corrected chi connectivity index (χ3v) is 3.31. The van der Waals surface area contributed by atoms with Crippen LogP contribution >= 0.6 is 0 Å². The SMILES string of the molecule is Cc1ccc(CN/C=C(/C#N)C(=O)Nc2cccc(C)c2)cc1. The molecule has 0 spiro atoms. The summed E-state index contributed by atoms with van der Waals surface area (Å²) in [6.07, 6.45) is 1.45. The maximum Gasteiger partial charge on any atom is 0.267 e. The van der Waals surface area contributed by atoms with Crippen LogP contribution in [-0.2, 0) is 11.3 Å². The molecule has 0 aliphatic heterocycles. The number of aryl methyl sites for hydroxylation is 2. The topological polar surface area (TPSA) is 64.9 Å². The molecular weight excluding hydrogens is 286 g/mol. The number of hydrogen-bond donors (Lipinski definition) is 2. The molecule has 0 saturated heterocycles. The molecule has 4 nitrogen and oxygen atoms in total. The fourth-order valence-corrected chi connectivity index (χ4v) is 2.05. The molecule has 0 saturated carbocycles. The summed E-state index contributed by atoms with van der Waals surface area (Å²) in [4.78, 5) is 12.1. The summed E-state index contributed by atoms with van der Waals surface area (Å²) in [5.41, 5.74) is 4.04. The van der Waals surface area contributed by atoms with Gasteiger partial charge in [0.05, 0.1) is 0 Å². The van der Waals surface area contributed by atoms with E-state index in [9.17, 15) is 4.79 Å². The second-order valence-electron chi connectivity index (χ2n) is 5.36. The van der Waals surface area contributed by atoms with E-state index in [1.165, 1.54) is 11.8 Å². The summed E-state index contributed by atoms with van der Waals surface area (Å²) in [7, 11) is 0. The number of nitriles is 1. The van der Waals surface area contributed by atoms with Gasteiger partial charge in [-0.25, -0.2) is 0 Å². The van der Waals surface area contributed by atoms with Gasteiger partial charge in [0.1, 0.15) is 11.6 Å². The van der Waals surface area contributed by atoms with Crippen LogP contribution in [0.25, 0.3) is 0 Å². The Hall–Kier alpha value is -3.06. The third kappa shape index (κ3) is 5.01. The predicted octanol–water partition coefficient (Wildman–Crippen LogP) is 3.44. The summed E-state index contributed by atoms with van der Waals surface area (Å²) < 4.78 is 0. The van der Waals surface area contributed by atoms with Crippen LogP contribution in [0.2, 0.25) is 0 Å². The number of benzene rings is 2. The molecule has 2 aromatic carbocycles. The Bertz CT molecular complexity index is 755. The maximum absolute atomic E-state index is 12.1. The van der Waals surface area contributed by atoms with Crippen LogP contribution in [0, 0.1) is 25.2 Å². The molecule has 2 rings (SSSR count). The minimum atomic E-state index is -0.422. The lowest BCUT2D eigenvalue weighted by atomic mass is 10.1. The minimum Gasteiger partial charge on any atom is -0.386 e. The van der Waals surface area contributed by atoms with Crippen LogP contribution in [0.15, 0.2) is 60.3 Å². The first-order valence-electron chi connectivity index (χ1n) is 7.35. The standard InChI is InChI=1S/C19H19N3O/c1-14-6-8-16(9-7-14)12-21-13-17(11-20)19(23)22-18-5-3-4-15(2)10-18/h3-10,13,21H,12H2,1-2H3,(H,22,23)/b17-13-. The Morgan fingerprint density at radius 2 is 1.87 bits per heavy atom. The van der Waals surface area contributed by atoms with Gasteiger partial charge >= 0.3 is 0 Å². The molecule has 0 radical (unpaired) electrons. The van der Waals surface area contributed by atoms with Gasteiger partial charge in [-0.2, -0.15) is 5.26 Å². The number of rotatable bonds is 5. The summed E-state index contributed by atoms with van der Waals surface area (Å²) in [5, 5.41) is 14.9. The largest absolute Gasteiger partial charge is 0.386 e. The number of nitrogens with one attached hydrogen (secondary N) is 2. The van der Waals surface area contributed by atoms with Gasteiger partial charge in [0.2, 0.25) is 0 Å². The number of nitrogens with zero attached hydrogens (tertiary/aromatic N) is 1. The lowest BCUT2D eigenvalue weighted by Crippen LogP contribution is -2.16. The van der Waals surface area contributed by atoms with Crippen molar-refractivity contribution in [2.24, 2.45) is 0 Å². The molecule has 0 aliphatic carbocycles. The van der Waals surface area contributed by atoms with E-state index in [0.717, 1.165) is 11.1 Å². The van der Waals surface area contributed by atoms with Crippen molar-refractivity contribution < 1.29 is 4.79 Å². The average Bonchev–Trinajstić information content (AvgIpc) is 2.53. The molecule has 0 heterocycles. The van der Waals surface area contributed by atoms with Crippen LogP contribution in [-0.4, -0.2) is 5.91 Å². The molecule has 116 valence electrons. The Balaban J connectivity index is 1.96. The van der Waals surface area contributed by atoms with Crippen molar-refractivity contribution >= 4 is 11.6 Å². The maximum atomic E-state index is 12.1. The highest BCUT2D eigenvalue weighted by Crippen LogP contribution is 2.10. The van der Waals surface area contributed by atoms with Crippen LogP contribution in [0.3, 0.4) is 0 Å². The van der Waals surface area contributed by atoms with Gasteiger partial charge in [0.15, 0.2) is 0 Å². The number of carbonyl (C=O) groups is 1. The van der Waals surface area contributed by atoms with Gasteiger partial charge in [-0.05, 0) is 37.1 Å². The molecular formula is C19H19N3O. The molecule has 0 aliphatic rings. The third-order valence-electron chi connectivity index (χ3n) is 3.31. The van der Waals surface area contributed by atoms with Crippen molar-refractivity contribution in [1.82, 2.24) is 5.32 Å². The van der Waals surface area contributed by atoms with E-state index in [2.05, 4.69) is 10.6 Å². The highest BCUT2D eigenvalue weighted by atomic mass is 16.1. The summed E-state index contributed by atoms with van der Waals surface area (Å²) in [6, 6.07) is 17.4. The first kappa shape index (κ1) is 16.3. The zero-order valence-corrected chi connectivity index (χ0v) is 13.3. The molecule has 0 unspecified atom stereocenters. The van der Waals surface area contributed by atoms with Crippen molar-refractivity contribution in [3.8, 4) is 6.07 Å². The van der Waals surface area contributed by atoms with Crippen molar-refractivity contribution in [2.75, 3.05) is 5.32 Å². The zero-order valence-electron chi connectivity index (χ0n) is 13.3. The van der Waals surface area contributed by atoms with E-state index in [0.29, 0.717) is 12.2 Å². The van der Waals surface area contributed by atoms with Crippen molar-refractivity contribution in [2.45, 2.75) is 20.4 Å². The van der Waals surface area contributed by atoms with Crippen LogP contribution in [0.4, 0.5) is 5.69 Å². The smallest absolute Gasteiger partial charge is 0.267 e. The molecule has 0 bridgehead atoms. The monoisotopic (exact) mass is 305 g/mol. The molecule has 2 aromatic rings. The fourth-order valence-electron chi connectivity index (χ4n) is 2.05. The minimum absolute atomic E-state index is 0.0404. The summed E-state index contributed by atoms with van der Waals surface area (Å²) in [5.74, 6) is -0.422. The van der Waals surface area contributed by atoms with Gasteiger partial charge in [-0.3, -0.25) is 4.79 Å². The normalized spacial score (nSPS) is 10.7. The predicted molar refractivity (Wildman–Crippen MR) is 91.5 cm³/mol. The lowest BCUT2D eigenvalue weighted by molar-refractivity contribution is -0.112. The Morgan fingerprint density at radius 3 is 2.52 bits per heavy atom. The van der Waals surface area contributed by atoms with Crippen LogP contribution < -0.4 is 10.6 Å². The highest BCUT2D eigenvalue weighted by molar-refractivity contribution is 6.06. The number of anilines is 1. The number of carbonyl (C=O) groups excluding carboxylic acids is 1. The quantitative estimate of drug-likeness (QED) is 0.657. The van der Waals surface area contributed by atoms with Crippen molar-refractivity contribution in [1.29, 1.82) is 5.26 Å². The van der Waals surface area contributed by atoms with Crippen LogP contribution in [0.5, 0.6) is 0 Å². The fraction of sp³-hybridized carbons (Fsp3) is 0.158. The molecule has 2 N–H and O–H groups in total. The van der Waals surface area contributed by atoms with Crippen molar-refractivity contribution in [3.63, 3.8) is 0 Å². The summed E-state index contributed by atoms with van der Waals surface area (Å²) in [6.45, 7) is 4.53. The van der Waals surface area contributed by atoms with E-state index in [1.807, 2.05) is 62.4 Å². The van der Waals surface area contributed by atoms with E-state index in [1.54, 1.807) is 6.07 Å². The molecule has 0 aromatic heterocycles. The van der Waals surface area contributed by atoms with Gasteiger partial charge < -0.3 is 10.6 Å². The Morgan fingerprint density at radius 1 is 1.13 bits per heavy atom. The van der Waals surface area contributed by atoms with E-state index in [-0.39, 0.29) is 5.57 Å². The second-order valence-corrected chi connectivity index (χ2v) is 5.36. The molecule has 1 amide bonds.